The van der Waals surface area contributed by atoms with Crippen molar-refractivity contribution in [2.75, 3.05) is 17.7 Å². The molecule has 0 aliphatic carbocycles. The average Bonchev–Trinajstić information content (AvgIpc) is 3.15. The van der Waals surface area contributed by atoms with E-state index < -0.39 is 6.04 Å². The highest BCUT2D eigenvalue weighted by molar-refractivity contribution is 7.14. The van der Waals surface area contributed by atoms with Gasteiger partial charge in [-0.15, -0.1) is 11.3 Å². The lowest BCUT2D eigenvalue weighted by Crippen LogP contribution is -2.38. The first kappa shape index (κ1) is 17.1. The van der Waals surface area contributed by atoms with Crippen molar-refractivity contribution in [2.45, 2.75) is 25.8 Å². The van der Waals surface area contributed by atoms with Gasteiger partial charge >= 0.3 is 0 Å². The van der Waals surface area contributed by atoms with E-state index in [1.807, 2.05) is 17.5 Å². The smallest absolute Gasteiger partial charge is 0.248 e. The van der Waals surface area contributed by atoms with Gasteiger partial charge in [0.25, 0.3) is 0 Å². The molecule has 1 unspecified atom stereocenters. The number of hydrogen-bond donors (Lipinski definition) is 2. The number of anilines is 2. The molecule has 25 heavy (non-hydrogen) atoms. The molecule has 130 valence electrons. The quantitative estimate of drug-likeness (QED) is 0.877. The molecule has 1 aliphatic heterocycles. The van der Waals surface area contributed by atoms with E-state index in [4.69, 9.17) is 0 Å². The summed E-state index contributed by atoms with van der Waals surface area (Å²) in [7, 11) is 1.64. The number of carbonyl (C=O) groups excluding carboxylic acids is 3. The van der Waals surface area contributed by atoms with Gasteiger partial charge in [-0.1, -0.05) is 12.1 Å². The number of benzene rings is 1. The van der Waals surface area contributed by atoms with Crippen molar-refractivity contribution < 1.29 is 14.4 Å². The number of likely N-dealkylation sites (tertiary alicyclic amines) is 1. The topological polar surface area (TPSA) is 91.4 Å². The Hall–Kier alpha value is -2.74. The molecule has 1 fully saturated rings. The predicted octanol–water partition coefficient (Wildman–Crippen LogP) is 2.33. The Kier molecular flexibility index (Phi) is 4.80. The van der Waals surface area contributed by atoms with Crippen LogP contribution in [0.4, 0.5) is 10.8 Å². The Morgan fingerprint density at radius 3 is 2.56 bits per heavy atom. The second-order valence-electron chi connectivity index (χ2n) is 5.84. The standard InChI is InChI=1S/C17H18N4O3S/c1-10(22)18-12-5-3-11(4-6-12)13-9-25-17(19-13)20-16(24)14-7-8-15(23)21(14)2/h3-6,9,14H,7-8H2,1-2H3,(H,18,22)(H,19,20,24). The zero-order valence-electron chi connectivity index (χ0n) is 13.9. The zero-order valence-corrected chi connectivity index (χ0v) is 14.7. The third kappa shape index (κ3) is 3.85. The van der Waals surface area contributed by atoms with Crippen LogP contribution < -0.4 is 10.6 Å². The number of amides is 3. The van der Waals surface area contributed by atoms with E-state index in [9.17, 15) is 14.4 Å². The molecule has 0 radical (unpaired) electrons. The lowest BCUT2D eigenvalue weighted by molar-refractivity contribution is -0.131. The monoisotopic (exact) mass is 358 g/mol. The molecular formula is C17H18N4O3S. The normalized spacial score (nSPS) is 16.8. The van der Waals surface area contributed by atoms with Crippen LogP contribution in [0.1, 0.15) is 19.8 Å². The van der Waals surface area contributed by atoms with Crippen molar-refractivity contribution in [1.29, 1.82) is 0 Å². The number of nitrogens with zero attached hydrogens (tertiary/aromatic N) is 2. The third-order valence-electron chi connectivity index (χ3n) is 4.03. The Bertz CT molecular complexity index is 816. The maximum atomic E-state index is 12.3. The molecule has 0 bridgehead atoms. The molecule has 3 amide bonds. The van der Waals surface area contributed by atoms with E-state index in [1.54, 1.807) is 19.2 Å². The Morgan fingerprint density at radius 1 is 1.24 bits per heavy atom. The highest BCUT2D eigenvalue weighted by Crippen LogP contribution is 2.27. The summed E-state index contributed by atoms with van der Waals surface area (Å²) in [6.07, 6.45) is 0.933. The van der Waals surface area contributed by atoms with Crippen LogP contribution in [0.5, 0.6) is 0 Å². The van der Waals surface area contributed by atoms with Gasteiger partial charge in [-0.25, -0.2) is 4.98 Å². The van der Waals surface area contributed by atoms with Gasteiger partial charge in [-0.05, 0) is 18.6 Å². The fourth-order valence-electron chi connectivity index (χ4n) is 2.69. The van der Waals surface area contributed by atoms with Crippen molar-refractivity contribution in [3.8, 4) is 11.3 Å². The number of aromatic nitrogens is 1. The molecule has 1 aromatic carbocycles. The number of hydrogen-bond acceptors (Lipinski definition) is 5. The maximum Gasteiger partial charge on any atom is 0.248 e. The number of rotatable bonds is 4. The first-order valence-corrected chi connectivity index (χ1v) is 8.72. The minimum absolute atomic E-state index is 0.0146. The van der Waals surface area contributed by atoms with Gasteiger partial charge < -0.3 is 15.5 Å². The van der Waals surface area contributed by atoms with Crippen molar-refractivity contribution >= 4 is 39.9 Å². The summed E-state index contributed by atoms with van der Waals surface area (Å²) in [5, 5.41) is 7.84. The van der Waals surface area contributed by atoms with Crippen molar-refractivity contribution in [3.63, 3.8) is 0 Å². The highest BCUT2D eigenvalue weighted by Gasteiger charge is 2.33. The molecule has 2 aromatic rings. The summed E-state index contributed by atoms with van der Waals surface area (Å²) >= 11 is 1.33. The van der Waals surface area contributed by atoms with Crippen LogP contribution in [0.3, 0.4) is 0 Å². The molecule has 1 atom stereocenters. The third-order valence-corrected chi connectivity index (χ3v) is 4.79. The van der Waals surface area contributed by atoms with Gasteiger partial charge in [0.1, 0.15) is 6.04 Å². The fraction of sp³-hybridized carbons (Fsp3) is 0.294. The van der Waals surface area contributed by atoms with Crippen molar-refractivity contribution in [3.05, 3.63) is 29.6 Å². The zero-order chi connectivity index (χ0) is 18.0. The summed E-state index contributed by atoms with van der Waals surface area (Å²) in [6, 6.07) is 6.88. The second-order valence-corrected chi connectivity index (χ2v) is 6.70. The highest BCUT2D eigenvalue weighted by atomic mass is 32.1. The number of carbonyl (C=O) groups is 3. The second kappa shape index (κ2) is 7.02. The Balaban J connectivity index is 1.67. The SMILES string of the molecule is CC(=O)Nc1ccc(-c2csc(NC(=O)C3CCC(=O)N3C)n2)cc1. The van der Waals surface area contributed by atoms with Gasteiger partial charge in [0.15, 0.2) is 5.13 Å². The minimum Gasteiger partial charge on any atom is -0.334 e. The van der Waals surface area contributed by atoms with E-state index in [0.717, 1.165) is 11.3 Å². The molecular weight excluding hydrogens is 340 g/mol. The molecule has 0 spiro atoms. The molecule has 2 N–H and O–H groups in total. The lowest BCUT2D eigenvalue weighted by atomic mass is 10.1. The van der Waals surface area contributed by atoms with Crippen molar-refractivity contribution in [1.82, 2.24) is 9.88 Å². The molecule has 1 aromatic heterocycles. The number of likely N-dealkylation sites (N-methyl/N-ethyl adjacent to an activating group) is 1. The Morgan fingerprint density at radius 2 is 1.96 bits per heavy atom. The van der Waals surface area contributed by atoms with Gasteiger partial charge in [-0.3, -0.25) is 14.4 Å². The average molecular weight is 358 g/mol. The maximum absolute atomic E-state index is 12.3. The molecule has 1 saturated heterocycles. The van der Waals surface area contributed by atoms with E-state index in [-0.39, 0.29) is 17.7 Å². The summed E-state index contributed by atoms with van der Waals surface area (Å²) < 4.78 is 0. The van der Waals surface area contributed by atoms with Crippen LogP contribution in [-0.2, 0) is 14.4 Å². The van der Waals surface area contributed by atoms with Crippen LogP contribution in [-0.4, -0.2) is 40.7 Å². The van der Waals surface area contributed by atoms with Crippen LogP contribution in [0, 0.1) is 0 Å². The van der Waals surface area contributed by atoms with Gasteiger partial charge in [-0.2, -0.15) is 0 Å². The first-order valence-electron chi connectivity index (χ1n) is 7.84. The van der Waals surface area contributed by atoms with Crippen LogP contribution in [0.2, 0.25) is 0 Å². The lowest BCUT2D eigenvalue weighted by Gasteiger charge is -2.18. The molecule has 3 rings (SSSR count). The van der Waals surface area contributed by atoms with Gasteiger partial charge in [0.2, 0.25) is 17.7 Å². The van der Waals surface area contributed by atoms with Crippen LogP contribution in [0.25, 0.3) is 11.3 Å². The van der Waals surface area contributed by atoms with Crippen LogP contribution in [0.15, 0.2) is 29.6 Å². The summed E-state index contributed by atoms with van der Waals surface area (Å²) in [6.45, 7) is 1.46. The van der Waals surface area contributed by atoms with E-state index in [0.29, 0.717) is 23.7 Å². The Labute approximate surface area is 149 Å². The largest absolute Gasteiger partial charge is 0.334 e. The number of thiazole rings is 1. The molecule has 1 aliphatic rings. The summed E-state index contributed by atoms with van der Waals surface area (Å²) in [4.78, 5) is 40.8. The fourth-order valence-corrected chi connectivity index (χ4v) is 3.41. The molecule has 2 heterocycles. The van der Waals surface area contributed by atoms with Crippen LogP contribution >= 0.6 is 11.3 Å². The number of nitrogens with one attached hydrogen (secondary N) is 2. The predicted molar refractivity (Wildman–Crippen MR) is 96.3 cm³/mol. The van der Waals surface area contributed by atoms with Crippen molar-refractivity contribution in [2.24, 2.45) is 0 Å². The first-order chi connectivity index (χ1) is 11.9. The summed E-state index contributed by atoms with van der Waals surface area (Å²) in [5.41, 5.74) is 2.35. The molecule has 0 saturated carbocycles. The molecule has 8 heteroatoms. The van der Waals surface area contributed by atoms with Gasteiger partial charge in [0.05, 0.1) is 5.69 Å². The molecule has 7 nitrogen and oxygen atoms in total. The van der Waals surface area contributed by atoms with Gasteiger partial charge in [0, 0.05) is 37.0 Å². The minimum atomic E-state index is -0.434. The van der Waals surface area contributed by atoms with E-state index in [1.165, 1.54) is 23.2 Å². The summed E-state index contributed by atoms with van der Waals surface area (Å²) in [5.74, 6) is -0.351. The van der Waals surface area contributed by atoms with E-state index >= 15 is 0 Å². The van der Waals surface area contributed by atoms with E-state index in [2.05, 4.69) is 15.6 Å².